The Bertz CT molecular complexity index is 513. The van der Waals surface area contributed by atoms with E-state index in [4.69, 9.17) is 28.4 Å². The Morgan fingerprint density at radius 3 is 2.00 bits per heavy atom. The number of hydrogen-bond acceptors (Lipinski definition) is 6. The zero-order valence-corrected chi connectivity index (χ0v) is 16.5. The Morgan fingerprint density at radius 2 is 1.33 bits per heavy atom. The number of fused-ring (bicyclic) bond motifs is 3. The molecule has 5 atom stereocenters. The van der Waals surface area contributed by atoms with E-state index in [9.17, 15) is 0 Å². The van der Waals surface area contributed by atoms with E-state index in [-0.39, 0.29) is 30.7 Å². The van der Waals surface area contributed by atoms with Crippen LogP contribution < -0.4 is 0 Å². The van der Waals surface area contributed by atoms with E-state index in [2.05, 4.69) is 6.92 Å². The quantitative estimate of drug-likeness (QED) is 0.692. The first-order chi connectivity index (χ1) is 13.2. The van der Waals surface area contributed by atoms with Gasteiger partial charge in [-0.1, -0.05) is 19.8 Å². The molecule has 0 N–H and O–H groups in total. The van der Waals surface area contributed by atoms with Gasteiger partial charge < -0.3 is 28.4 Å². The predicted molar refractivity (Wildman–Crippen MR) is 97.1 cm³/mol. The molecule has 2 aliphatic carbocycles. The molecule has 0 bridgehead atoms. The highest BCUT2D eigenvalue weighted by Gasteiger charge is 2.63. The van der Waals surface area contributed by atoms with E-state index in [0.717, 1.165) is 64.4 Å². The largest absolute Gasteiger partial charge is 0.379 e. The maximum Gasteiger partial charge on any atom is 0.190 e. The van der Waals surface area contributed by atoms with Gasteiger partial charge >= 0.3 is 0 Å². The third kappa shape index (κ3) is 3.47. The molecule has 5 fully saturated rings. The first kappa shape index (κ1) is 18.8. The Labute approximate surface area is 162 Å². The summed E-state index contributed by atoms with van der Waals surface area (Å²) in [6.07, 6.45) is 11.0. The smallest absolute Gasteiger partial charge is 0.190 e. The summed E-state index contributed by atoms with van der Waals surface area (Å²) in [7, 11) is 0. The minimum atomic E-state index is -0.483. The maximum absolute atomic E-state index is 6.62. The molecular formula is C21H34O6. The maximum atomic E-state index is 6.62. The molecule has 0 unspecified atom stereocenters. The second kappa shape index (κ2) is 7.54. The van der Waals surface area contributed by atoms with Crippen LogP contribution in [0.1, 0.15) is 77.6 Å². The van der Waals surface area contributed by atoms with Gasteiger partial charge in [-0.15, -0.1) is 0 Å². The molecule has 6 heteroatoms. The lowest BCUT2D eigenvalue weighted by atomic mass is 9.94. The molecule has 0 amide bonds. The fraction of sp³-hybridized carbons (Fsp3) is 1.00. The van der Waals surface area contributed by atoms with E-state index in [0.29, 0.717) is 6.61 Å². The first-order valence-corrected chi connectivity index (χ1v) is 11.2. The van der Waals surface area contributed by atoms with E-state index in [1.165, 1.54) is 12.8 Å². The van der Waals surface area contributed by atoms with Crippen LogP contribution >= 0.6 is 0 Å². The van der Waals surface area contributed by atoms with Gasteiger partial charge in [-0.3, -0.25) is 0 Å². The minimum absolute atomic E-state index is 0.127. The molecule has 0 aromatic carbocycles. The molecule has 5 rings (SSSR count). The van der Waals surface area contributed by atoms with Crippen LogP contribution in [-0.4, -0.2) is 55.5 Å². The number of rotatable bonds is 4. The minimum Gasteiger partial charge on any atom is -0.379 e. The average Bonchev–Trinajstić information content (AvgIpc) is 3.21. The Kier molecular flexibility index (Phi) is 5.24. The van der Waals surface area contributed by atoms with Crippen molar-refractivity contribution in [3.05, 3.63) is 0 Å². The summed E-state index contributed by atoms with van der Waals surface area (Å²) in [5.74, 6) is -0.941. The third-order valence-corrected chi connectivity index (χ3v) is 6.84. The van der Waals surface area contributed by atoms with Gasteiger partial charge in [-0.25, -0.2) is 0 Å². The average molecular weight is 382 g/mol. The molecule has 2 spiro atoms. The van der Waals surface area contributed by atoms with Crippen molar-refractivity contribution in [1.29, 1.82) is 0 Å². The van der Waals surface area contributed by atoms with Crippen molar-refractivity contribution >= 4 is 0 Å². The van der Waals surface area contributed by atoms with Crippen LogP contribution in [0.4, 0.5) is 0 Å². The van der Waals surface area contributed by atoms with Crippen molar-refractivity contribution in [2.45, 2.75) is 120 Å². The van der Waals surface area contributed by atoms with Gasteiger partial charge in [0, 0.05) is 32.3 Å². The molecule has 154 valence electrons. The number of ether oxygens (including phenoxy) is 6. The second-order valence-electron chi connectivity index (χ2n) is 8.93. The summed E-state index contributed by atoms with van der Waals surface area (Å²) in [4.78, 5) is 0. The van der Waals surface area contributed by atoms with Crippen molar-refractivity contribution in [1.82, 2.24) is 0 Å². The third-order valence-electron chi connectivity index (χ3n) is 6.84. The van der Waals surface area contributed by atoms with Crippen molar-refractivity contribution < 1.29 is 28.4 Å². The predicted octanol–water partition coefficient (Wildman–Crippen LogP) is 3.66. The lowest BCUT2D eigenvalue weighted by Crippen LogP contribution is -2.56. The van der Waals surface area contributed by atoms with Gasteiger partial charge in [0.2, 0.25) is 0 Å². The number of hydrogen-bond donors (Lipinski definition) is 0. The van der Waals surface area contributed by atoms with E-state index >= 15 is 0 Å². The zero-order valence-electron chi connectivity index (χ0n) is 16.5. The van der Waals surface area contributed by atoms with Gasteiger partial charge in [0.15, 0.2) is 17.9 Å². The molecule has 5 aliphatic rings. The molecule has 2 saturated carbocycles. The van der Waals surface area contributed by atoms with E-state index in [1.54, 1.807) is 0 Å². The molecule has 6 nitrogen and oxygen atoms in total. The molecule has 0 radical (unpaired) electrons. The fourth-order valence-electron chi connectivity index (χ4n) is 5.52. The topological polar surface area (TPSA) is 55.4 Å². The van der Waals surface area contributed by atoms with Crippen molar-refractivity contribution in [3.8, 4) is 0 Å². The molecule has 27 heavy (non-hydrogen) atoms. The molecule has 0 aromatic rings. The highest BCUT2D eigenvalue weighted by Crippen LogP contribution is 2.50. The molecule has 3 saturated heterocycles. The van der Waals surface area contributed by atoms with Gasteiger partial charge in [0.05, 0.1) is 6.61 Å². The summed E-state index contributed by atoms with van der Waals surface area (Å²) in [6, 6.07) is 0. The van der Waals surface area contributed by atoms with Gasteiger partial charge in [-0.05, 0) is 32.1 Å². The van der Waals surface area contributed by atoms with Crippen LogP contribution in [0.3, 0.4) is 0 Å². The molecule has 0 aromatic heterocycles. The van der Waals surface area contributed by atoms with Crippen LogP contribution in [0.5, 0.6) is 0 Å². The van der Waals surface area contributed by atoms with Crippen LogP contribution in [0.2, 0.25) is 0 Å². The summed E-state index contributed by atoms with van der Waals surface area (Å²) >= 11 is 0. The highest BCUT2D eigenvalue weighted by atomic mass is 16.9. The monoisotopic (exact) mass is 382 g/mol. The van der Waals surface area contributed by atoms with Gasteiger partial charge in [0.1, 0.15) is 24.4 Å². The molecule has 3 aliphatic heterocycles. The molecular weight excluding hydrogens is 348 g/mol. The second-order valence-corrected chi connectivity index (χ2v) is 8.93. The normalized spacial score (nSPS) is 42.3. The van der Waals surface area contributed by atoms with E-state index < -0.39 is 11.6 Å². The summed E-state index contributed by atoms with van der Waals surface area (Å²) in [6.45, 7) is 3.38. The molecule has 3 heterocycles. The first-order valence-electron chi connectivity index (χ1n) is 11.2. The van der Waals surface area contributed by atoms with Crippen LogP contribution in [-0.2, 0) is 28.4 Å². The van der Waals surface area contributed by atoms with Crippen molar-refractivity contribution in [2.24, 2.45) is 0 Å². The highest BCUT2D eigenvalue weighted by molar-refractivity contribution is 5.03. The fourth-order valence-corrected chi connectivity index (χ4v) is 5.52. The Balaban J connectivity index is 1.36. The van der Waals surface area contributed by atoms with Crippen LogP contribution in [0.25, 0.3) is 0 Å². The lowest BCUT2D eigenvalue weighted by Gasteiger charge is -2.37. The standard InChI is InChI=1S/C21H34O6/c1-2-13-22-14-15-16-17(25-20(24-16)9-5-3-6-10-20)18-19(23-15)27-21(26-18)11-7-4-8-12-21/h15-19H,2-14H2,1H3/t15-,16+,17-,18+,19-/m0/s1. The van der Waals surface area contributed by atoms with Gasteiger partial charge in [-0.2, -0.15) is 0 Å². The zero-order chi connectivity index (χ0) is 18.3. The Hall–Kier alpha value is -0.240. The van der Waals surface area contributed by atoms with Crippen LogP contribution in [0.15, 0.2) is 0 Å². The van der Waals surface area contributed by atoms with Crippen molar-refractivity contribution in [2.75, 3.05) is 13.2 Å². The van der Waals surface area contributed by atoms with Crippen LogP contribution in [0, 0.1) is 0 Å². The lowest BCUT2D eigenvalue weighted by molar-refractivity contribution is -0.256. The van der Waals surface area contributed by atoms with E-state index in [1.807, 2.05) is 0 Å². The summed E-state index contributed by atoms with van der Waals surface area (Å²) < 4.78 is 38.3. The van der Waals surface area contributed by atoms with Gasteiger partial charge in [0.25, 0.3) is 0 Å². The summed E-state index contributed by atoms with van der Waals surface area (Å²) in [5.41, 5.74) is 0. The summed E-state index contributed by atoms with van der Waals surface area (Å²) in [5, 5.41) is 0. The SMILES string of the molecule is CCCOC[C@@H]1O[C@H]2OC3(CCCCC3)O[C@@H]2[C@H]2OC3(CCCCC3)O[C@@H]21. The Morgan fingerprint density at radius 1 is 0.741 bits per heavy atom. The van der Waals surface area contributed by atoms with Crippen molar-refractivity contribution in [3.63, 3.8) is 0 Å².